The number of aliphatic hydroxyl groups is 1. The fraction of sp³-hybridized carbons (Fsp3) is 0.462. The van der Waals surface area contributed by atoms with Crippen molar-refractivity contribution >= 4 is 11.8 Å². The van der Waals surface area contributed by atoms with Gasteiger partial charge in [0.05, 0.1) is 19.3 Å². The molecule has 2 fully saturated rings. The molecule has 2 amide bonds. The van der Waals surface area contributed by atoms with Crippen LogP contribution in [0, 0.1) is 5.92 Å². The number of carbonyl (C=O) groups is 2. The zero-order valence-electron chi connectivity index (χ0n) is 18.8. The van der Waals surface area contributed by atoms with Crippen LogP contribution in [0.25, 0.3) is 0 Å². The van der Waals surface area contributed by atoms with Crippen LogP contribution in [0.15, 0.2) is 48.5 Å². The van der Waals surface area contributed by atoms with Crippen molar-refractivity contribution in [3.05, 3.63) is 59.7 Å². The quantitative estimate of drug-likeness (QED) is 0.434. The van der Waals surface area contributed by atoms with Crippen molar-refractivity contribution < 1.29 is 24.2 Å². The molecule has 33 heavy (non-hydrogen) atoms. The highest BCUT2D eigenvalue weighted by Gasteiger charge is 2.24. The molecule has 2 aromatic carbocycles. The van der Waals surface area contributed by atoms with Crippen molar-refractivity contribution in [3.63, 3.8) is 0 Å². The zero-order valence-corrected chi connectivity index (χ0v) is 18.8. The largest absolute Gasteiger partial charge is 0.494 e. The molecule has 0 radical (unpaired) electrons. The molecule has 0 spiro atoms. The predicted octanol–water partition coefficient (Wildman–Crippen LogP) is 2.86. The molecule has 0 saturated heterocycles. The lowest BCUT2D eigenvalue weighted by molar-refractivity contribution is -0.123. The number of ether oxygens (including phenoxy) is 2. The first-order valence-corrected chi connectivity index (χ1v) is 11.8. The summed E-state index contributed by atoms with van der Waals surface area (Å²) in [6.45, 7) is 0.655. The molecule has 0 heterocycles. The molecule has 0 bridgehead atoms. The average molecular weight is 453 g/mol. The van der Waals surface area contributed by atoms with Gasteiger partial charge in [0, 0.05) is 18.5 Å². The summed E-state index contributed by atoms with van der Waals surface area (Å²) < 4.78 is 11.5. The highest BCUT2D eigenvalue weighted by atomic mass is 16.5. The Balaban J connectivity index is 1.35. The molecule has 7 heteroatoms. The number of rotatable bonds is 13. The van der Waals surface area contributed by atoms with Crippen LogP contribution < -0.4 is 20.1 Å². The van der Waals surface area contributed by atoms with E-state index in [9.17, 15) is 9.59 Å². The van der Waals surface area contributed by atoms with Crippen LogP contribution in [0.2, 0.25) is 0 Å². The predicted molar refractivity (Wildman–Crippen MR) is 124 cm³/mol. The molecular weight excluding hydrogens is 420 g/mol. The smallest absolute Gasteiger partial charge is 0.251 e. The van der Waals surface area contributed by atoms with Gasteiger partial charge in [0.15, 0.2) is 0 Å². The summed E-state index contributed by atoms with van der Waals surface area (Å²) in [6, 6.07) is 13.8. The summed E-state index contributed by atoms with van der Waals surface area (Å²) in [6.07, 6.45) is 6.50. The highest BCUT2D eigenvalue weighted by Crippen LogP contribution is 2.32. The maximum atomic E-state index is 12.8. The van der Waals surface area contributed by atoms with E-state index in [0.717, 1.165) is 42.2 Å². The van der Waals surface area contributed by atoms with Gasteiger partial charge in [-0.25, -0.2) is 0 Å². The number of aliphatic hydroxyl groups excluding tert-OH is 1. The van der Waals surface area contributed by atoms with E-state index >= 15 is 0 Å². The number of nitrogens with one attached hydrogen (secondary N) is 2. The second kappa shape index (κ2) is 11.2. The first-order valence-electron chi connectivity index (χ1n) is 11.8. The van der Waals surface area contributed by atoms with Gasteiger partial charge < -0.3 is 25.2 Å². The number of hydrogen-bond acceptors (Lipinski definition) is 5. The normalized spacial score (nSPS) is 16.0. The van der Waals surface area contributed by atoms with Crippen LogP contribution in [-0.4, -0.2) is 48.8 Å². The molecule has 2 aliphatic rings. The minimum Gasteiger partial charge on any atom is -0.494 e. The van der Waals surface area contributed by atoms with Gasteiger partial charge in [-0.2, -0.15) is 0 Å². The van der Waals surface area contributed by atoms with Crippen LogP contribution in [-0.2, 0) is 11.2 Å². The van der Waals surface area contributed by atoms with Gasteiger partial charge in [-0.3, -0.25) is 9.59 Å². The first-order chi connectivity index (χ1) is 16.1. The Hall–Kier alpha value is -3.06. The van der Waals surface area contributed by atoms with E-state index < -0.39 is 6.04 Å². The fourth-order valence-electron chi connectivity index (χ4n) is 3.52. The Morgan fingerprint density at radius 1 is 0.970 bits per heavy atom. The van der Waals surface area contributed by atoms with E-state index in [1.54, 1.807) is 24.3 Å². The van der Waals surface area contributed by atoms with Crippen molar-refractivity contribution in [1.29, 1.82) is 0 Å². The Labute approximate surface area is 194 Å². The van der Waals surface area contributed by atoms with Crippen molar-refractivity contribution in [2.24, 2.45) is 5.92 Å². The third-order valence-corrected chi connectivity index (χ3v) is 5.83. The van der Waals surface area contributed by atoms with Crippen molar-refractivity contribution in [2.75, 3.05) is 19.8 Å². The number of carbonyl (C=O) groups excluding carboxylic acids is 2. The molecule has 176 valence electrons. The van der Waals surface area contributed by atoms with E-state index in [0.29, 0.717) is 24.7 Å². The monoisotopic (exact) mass is 452 g/mol. The lowest BCUT2D eigenvalue weighted by atomic mass is 10.0. The van der Waals surface area contributed by atoms with Gasteiger partial charge in [-0.05, 0) is 67.1 Å². The fourth-order valence-corrected chi connectivity index (χ4v) is 3.52. The van der Waals surface area contributed by atoms with Crippen LogP contribution >= 0.6 is 0 Å². The number of hydrogen-bond donors (Lipinski definition) is 3. The van der Waals surface area contributed by atoms with Crippen LogP contribution in [0.1, 0.15) is 48.0 Å². The molecule has 1 atom stereocenters. The minimum absolute atomic E-state index is 0.131. The maximum Gasteiger partial charge on any atom is 0.251 e. The van der Waals surface area contributed by atoms with Crippen molar-refractivity contribution in [3.8, 4) is 11.5 Å². The van der Waals surface area contributed by atoms with E-state index in [-0.39, 0.29) is 25.0 Å². The maximum absolute atomic E-state index is 12.8. The summed E-state index contributed by atoms with van der Waals surface area (Å²) in [5, 5.41) is 14.5. The van der Waals surface area contributed by atoms with Gasteiger partial charge in [0.2, 0.25) is 5.91 Å². The molecule has 2 aromatic rings. The molecule has 4 rings (SSSR count). The first kappa shape index (κ1) is 23.1. The lowest BCUT2D eigenvalue weighted by Crippen LogP contribution is -2.48. The van der Waals surface area contributed by atoms with E-state index in [1.807, 2.05) is 24.3 Å². The summed E-state index contributed by atoms with van der Waals surface area (Å²) in [7, 11) is 0. The Bertz CT molecular complexity index is 921. The molecule has 0 aliphatic heterocycles. The van der Waals surface area contributed by atoms with E-state index in [2.05, 4.69) is 10.6 Å². The topological polar surface area (TPSA) is 96.9 Å². The van der Waals surface area contributed by atoms with Crippen molar-refractivity contribution in [1.82, 2.24) is 10.6 Å². The summed E-state index contributed by atoms with van der Waals surface area (Å²) >= 11 is 0. The molecule has 7 nitrogen and oxygen atoms in total. The average Bonchev–Trinajstić information content (AvgIpc) is 3.75. The minimum atomic E-state index is -0.770. The molecule has 2 aliphatic carbocycles. The third-order valence-electron chi connectivity index (χ3n) is 5.83. The summed E-state index contributed by atoms with van der Waals surface area (Å²) in [4.78, 5) is 25.5. The van der Waals surface area contributed by atoms with Crippen LogP contribution in [0.5, 0.6) is 11.5 Å². The second-order valence-corrected chi connectivity index (χ2v) is 8.81. The third kappa shape index (κ3) is 7.49. The highest BCUT2D eigenvalue weighted by molar-refractivity contribution is 5.97. The van der Waals surface area contributed by atoms with Gasteiger partial charge in [0.25, 0.3) is 5.91 Å². The van der Waals surface area contributed by atoms with Gasteiger partial charge in [0.1, 0.15) is 17.5 Å². The lowest BCUT2D eigenvalue weighted by Gasteiger charge is -2.19. The van der Waals surface area contributed by atoms with Gasteiger partial charge in [-0.1, -0.05) is 25.0 Å². The number of amides is 2. The summed E-state index contributed by atoms with van der Waals surface area (Å²) in [5.41, 5.74) is 1.36. The Morgan fingerprint density at radius 3 is 2.30 bits per heavy atom. The molecule has 2 saturated carbocycles. The van der Waals surface area contributed by atoms with Crippen molar-refractivity contribution in [2.45, 2.75) is 50.7 Å². The molecular formula is C26H32N2O5. The molecule has 0 aromatic heterocycles. The SMILES string of the molecule is O=C(NC(Cc1ccc(OC2CC2)cc1)C(=O)NCCO)c1ccc(OCCC2CC2)cc1. The summed E-state index contributed by atoms with van der Waals surface area (Å²) in [5.74, 6) is 1.68. The zero-order chi connectivity index (χ0) is 23.0. The van der Waals surface area contributed by atoms with Crippen LogP contribution in [0.3, 0.4) is 0 Å². The van der Waals surface area contributed by atoms with Gasteiger partial charge in [-0.15, -0.1) is 0 Å². The van der Waals surface area contributed by atoms with E-state index in [4.69, 9.17) is 14.6 Å². The van der Waals surface area contributed by atoms with Gasteiger partial charge >= 0.3 is 0 Å². The molecule has 3 N–H and O–H groups in total. The Morgan fingerprint density at radius 2 is 1.67 bits per heavy atom. The standard InChI is InChI=1S/C26H32N2O5/c29-15-14-27-26(31)24(17-19-3-7-22(8-4-19)33-23-11-12-23)28-25(30)20-5-9-21(10-6-20)32-16-13-18-1-2-18/h3-10,18,23-24,29H,1-2,11-17H2,(H,27,31)(H,28,30). The Kier molecular flexibility index (Phi) is 7.83. The molecule has 1 unspecified atom stereocenters. The number of benzene rings is 2. The second-order valence-electron chi connectivity index (χ2n) is 8.81. The van der Waals surface area contributed by atoms with Crippen LogP contribution in [0.4, 0.5) is 0 Å². The van der Waals surface area contributed by atoms with E-state index in [1.165, 1.54) is 12.8 Å².